The number of ether oxygens (including phenoxy) is 5. The van der Waals surface area contributed by atoms with Gasteiger partial charge in [-0.25, -0.2) is 0 Å². The lowest BCUT2D eigenvalue weighted by molar-refractivity contribution is -0.180. The smallest absolute Gasteiger partial charge is 0.309 e. The maximum atomic E-state index is 13.3. The highest BCUT2D eigenvalue weighted by molar-refractivity contribution is 5.86. The van der Waals surface area contributed by atoms with E-state index in [0.717, 1.165) is 18.4 Å². The average molecular weight is 593 g/mol. The molecule has 3 rings (SSSR count). The minimum absolute atomic E-state index is 0.0918. The Bertz CT molecular complexity index is 1030. The Kier molecular flexibility index (Phi) is 12.5. The first-order valence-electron chi connectivity index (χ1n) is 15.3. The first kappa shape index (κ1) is 34.1. The van der Waals surface area contributed by atoms with Crippen molar-refractivity contribution in [3.8, 4) is 11.5 Å². The van der Waals surface area contributed by atoms with Crippen molar-refractivity contribution in [1.82, 2.24) is 0 Å². The van der Waals surface area contributed by atoms with E-state index in [0.29, 0.717) is 56.5 Å². The van der Waals surface area contributed by atoms with Crippen molar-refractivity contribution < 1.29 is 38.4 Å². The van der Waals surface area contributed by atoms with Crippen molar-refractivity contribution in [2.45, 2.75) is 90.1 Å². The monoisotopic (exact) mass is 592 g/mol. The molecule has 1 aliphatic carbocycles. The van der Waals surface area contributed by atoms with Crippen LogP contribution in [0.2, 0.25) is 0 Å². The first-order valence-corrected chi connectivity index (χ1v) is 15.3. The standard InChI is InChI=1S/C32H52N2O8/c1-19(2)23(12-21-8-9-27(39-6)28(13-21)40-11-7-10-38-5)15-25(33)26(35)16-24(20(3)4)30(36)42-29-14-22-17-32(29,31(34)37)41-18-22/h8-9,13,19-20,22-26,29,35H,7,10-12,14-18,33H2,1-6H3,(H2,34,37). The fourth-order valence-corrected chi connectivity index (χ4v) is 6.21. The number of methoxy groups -OCH3 is 2. The Morgan fingerprint density at radius 1 is 1.10 bits per heavy atom. The van der Waals surface area contributed by atoms with Gasteiger partial charge < -0.3 is 40.3 Å². The molecule has 42 heavy (non-hydrogen) atoms. The molecule has 7 atom stereocenters. The number of hydrogen-bond acceptors (Lipinski definition) is 9. The number of carbonyl (C=O) groups is 2. The third-order valence-corrected chi connectivity index (χ3v) is 9.00. The predicted molar refractivity (Wildman–Crippen MR) is 159 cm³/mol. The van der Waals surface area contributed by atoms with Crippen LogP contribution >= 0.6 is 0 Å². The second kappa shape index (κ2) is 15.4. The van der Waals surface area contributed by atoms with E-state index < -0.39 is 41.6 Å². The molecule has 0 aromatic heterocycles. The number of benzene rings is 1. The maximum absolute atomic E-state index is 13.3. The third kappa shape index (κ3) is 8.36. The van der Waals surface area contributed by atoms with Crippen LogP contribution in [-0.4, -0.2) is 74.9 Å². The summed E-state index contributed by atoms with van der Waals surface area (Å²) in [6.07, 6.45) is 1.72. The van der Waals surface area contributed by atoms with Crippen LogP contribution < -0.4 is 20.9 Å². The van der Waals surface area contributed by atoms with Gasteiger partial charge in [0.25, 0.3) is 5.91 Å². The lowest BCUT2D eigenvalue weighted by Crippen LogP contribution is -2.53. The van der Waals surface area contributed by atoms with Gasteiger partial charge >= 0.3 is 5.97 Å². The summed E-state index contributed by atoms with van der Waals surface area (Å²) >= 11 is 0. The van der Waals surface area contributed by atoms with Crippen LogP contribution in [0.3, 0.4) is 0 Å². The fourth-order valence-electron chi connectivity index (χ4n) is 6.21. The molecule has 1 heterocycles. The van der Waals surface area contributed by atoms with Crippen molar-refractivity contribution in [3.05, 3.63) is 23.8 Å². The molecule has 5 N–H and O–H groups in total. The van der Waals surface area contributed by atoms with Gasteiger partial charge in [-0.05, 0) is 73.5 Å². The van der Waals surface area contributed by atoms with Crippen LogP contribution in [-0.2, 0) is 30.2 Å². The van der Waals surface area contributed by atoms with Crippen molar-refractivity contribution in [2.75, 3.05) is 34.0 Å². The zero-order chi connectivity index (χ0) is 31.0. The SMILES string of the molecule is COCCCOc1cc(CC(CC(N)C(O)CC(C(=O)OC2CC3COC2(C(N)=O)C3)C(C)C)C(C)C)ccc1OC. The molecule has 10 heteroatoms. The van der Waals surface area contributed by atoms with E-state index in [1.807, 2.05) is 32.0 Å². The van der Waals surface area contributed by atoms with E-state index >= 15 is 0 Å². The Morgan fingerprint density at radius 2 is 1.83 bits per heavy atom. The van der Waals surface area contributed by atoms with Crippen molar-refractivity contribution >= 4 is 11.9 Å². The molecule has 2 aliphatic rings. The minimum Gasteiger partial charge on any atom is -0.493 e. The molecule has 1 amide bonds. The van der Waals surface area contributed by atoms with E-state index in [1.54, 1.807) is 14.2 Å². The molecule has 1 saturated carbocycles. The molecule has 1 aliphatic heterocycles. The lowest BCUT2D eigenvalue weighted by Gasteiger charge is -2.34. The number of nitrogens with two attached hydrogens (primary N) is 2. The van der Waals surface area contributed by atoms with E-state index in [2.05, 4.69) is 13.8 Å². The Labute approximate surface area is 250 Å². The van der Waals surface area contributed by atoms with Crippen LogP contribution in [0.25, 0.3) is 0 Å². The highest BCUT2D eigenvalue weighted by Crippen LogP contribution is 2.46. The van der Waals surface area contributed by atoms with Crippen LogP contribution in [0.4, 0.5) is 0 Å². The number of rotatable bonds is 18. The molecule has 10 nitrogen and oxygen atoms in total. The zero-order valence-electron chi connectivity index (χ0n) is 26.2. The number of primary amides is 1. The molecular weight excluding hydrogens is 540 g/mol. The molecule has 0 radical (unpaired) electrons. The summed E-state index contributed by atoms with van der Waals surface area (Å²) < 4.78 is 28.1. The number of amides is 1. The summed E-state index contributed by atoms with van der Waals surface area (Å²) in [5.41, 5.74) is 12.1. The first-order chi connectivity index (χ1) is 19.9. The largest absolute Gasteiger partial charge is 0.493 e. The second-order valence-corrected chi connectivity index (χ2v) is 12.7. The molecule has 1 aromatic rings. The normalized spacial score (nSPS) is 24.4. The van der Waals surface area contributed by atoms with Gasteiger partial charge in [-0.1, -0.05) is 33.8 Å². The third-order valence-electron chi connectivity index (χ3n) is 9.00. The molecule has 238 valence electrons. The fraction of sp³-hybridized carbons (Fsp3) is 0.750. The van der Waals surface area contributed by atoms with Gasteiger partial charge in [-0.15, -0.1) is 0 Å². The summed E-state index contributed by atoms with van der Waals surface area (Å²) in [6, 6.07) is 5.42. The van der Waals surface area contributed by atoms with Gasteiger partial charge in [-0.2, -0.15) is 0 Å². The lowest BCUT2D eigenvalue weighted by atomic mass is 9.81. The molecule has 1 aromatic carbocycles. The van der Waals surface area contributed by atoms with Gasteiger partial charge in [0.05, 0.1) is 32.3 Å². The summed E-state index contributed by atoms with van der Waals surface area (Å²) in [5.74, 6) is 0.312. The molecule has 7 unspecified atom stereocenters. The highest BCUT2D eigenvalue weighted by Gasteiger charge is 2.60. The Balaban J connectivity index is 1.62. The Hall–Kier alpha value is -2.40. The average Bonchev–Trinajstić information content (AvgIpc) is 3.53. The molecule has 0 spiro atoms. The van der Waals surface area contributed by atoms with E-state index in [9.17, 15) is 14.7 Å². The van der Waals surface area contributed by atoms with Crippen LogP contribution in [0.5, 0.6) is 11.5 Å². The van der Waals surface area contributed by atoms with Crippen molar-refractivity contribution in [2.24, 2.45) is 41.1 Å². The van der Waals surface area contributed by atoms with E-state index in [1.165, 1.54) is 0 Å². The number of hydrogen-bond donors (Lipinski definition) is 3. The molecule has 1 saturated heterocycles. The maximum Gasteiger partial charge on any atom is 0.309 e. The molecule has 2 fully saturated rings. The molecule has 2 bridgehead atoms. The van der Waals surface area contributed by atoms with Gasteiger partial charge in [0.2, 0.25) is 0 Å². The highest BCUT2D eigenvalue weighted by atomic mass is 16.6. The minimum atomic E-state index is -1.24. The summed E-state index contributed by atoms with van der Waals surface area (Å²) in [5, 5.41) is 11.2. The van der Waals surface area contributed by atoms with Crippen molar-refractivity contribution in [1.29, 1.82) is 0 Å². The predicted octanol–water partition coefficient (Wildman–Crippen LogP) is 3.24. The number of esters is 1. The Morgan fingerprint density at radius 3 is 2.43 bits per heavy atom. The van der Waals surface area contributed by atoms with Crippen molar-refractivity contribution in [3.63, 3.8) is 0 Å². The van der Waals surface area contributed by atoms with Gasteiger partial charge in [0.1, 0.15) is 6.10 Å². The summed E-state index contributed by atoms with van der Waals surface area (Å²) in [6.45, 7) is 9.73. The summed E-state index contributed by atoms with van der Waals surface area (Å²) in [4.78, 5) is 25.5. The second-order valence-electron chi connectivity index (χ2n) is 12.7. The number of carbonyl (C=O) groups excluding carboxylic acids is 2. The number of aliphatic hydroxyl groups is 1. The van der Waals surface area contributed by atoms with E-state index in [4.69, 9.17) is 35.2 Å². The number of aliphatic hydroxyl groups excluding tert-OH is 1. The van der Waals surface area contributed by atoms with Gasteiger partial charge in [0.15, 0.2) is 17.1 Å². The van der Waals surface area contributed by atoms with Gasteiger partial charge in [0, 0.05) is 26.2 Å². The molecular formula is C32H52N2O8. The topological polar surface area (TPSA) is 153 Å². The number of fused-ring (bicyclic) bond motifs is 2. The summed E-state index contributed by atoms with van der Waals surface area (Å²) in [7, 11) is 3.29. The van der Waals surface area contributed by atoms with E-state index in [-0.39, 0.29) is 24.2 Å². The van der Waals surface area contributed by atoms with Crippen LogP contribution in [0.15, 0.2) is 18.2 Å². The van der Waals surface area contributed by atoms with Crippen LogP contribution in [0, 0.1) is 29.6 Å². The quantitative estimate of drug-likeness (QED) is 0.172. The zero-order valence-corrected chi connectivity index (χ0v) is 26.2. The van der Waals surface area contributed by atoms with Gasteiger partial charge in [-0.3, -0.25) is 9.59 Å². The van der Waals surface area contributed by atoms with Crippen LogP contribution in [0.1, 0.15) is 65.4 Å².